The van der Waals surface area contributed by atoms with Crippen LogP contribution in [0.3, 0.4) is 0 Å². The van der Waals surface area contributed by atoms with Crippen molar-refractivity contribution < 1.29 is 4.74 Å². The van der Waals surface area contributed by atoms with E-state index >= 15 is 0 Å². The summed E-state index contributed by atoms with van der Waals surface area (Å²) in [6.07, 6.45) is 8.12. The number of pyridine rings is 1. The van der Waals surface area contributed by atoms with E-state index in [1.165, 1.54) is 24.7 Å². The Bertz CT molecular complexity index is 797. The summed E-state index contributed by atoms with van der Waals surface area (Å²) in [5.41, 5.74) is 3.17. The Hall–Kier alpha value is -2.14. The van der Waals surface area contributed by atoms with Gasteiger partial charge < -0.3 is 9.14 Å². The van der Waals surface area contributed by atoms with Crippen LogP contribution in [0, 0.1) is 0 Å². The van der Waals surface area contributed by atoms with Gasteiger partial charge in [-0.3, -0.25) is 0 Å². The third kappa shape index (κ3) is 2.69. The quantitative estimate of drug-likeness (QED) is 0.694. The molecule has 0 N–H and O–H groups in total. The molecular weight excluding hydrogens is 288 g/mol. The van der Waals surface area contributed by atoms with E-state index in [0.717, 1.165) is 17.3 Å². The van der Waals surface area contributed by atoms with Gasteiger partial charge in [0.15, 0.2) is 0 Å². The first-order valence-corrected chi connectivity index (χ1v) is 7.23. The second-order valence-corrected chi connectivity index (χ2v) is 5.59. The van der Waals surface area contributed by atoms with Gasteiger partial charge in [0.2, 0.25) is 5.88 Å². The van der Waals surface area contributed by atoms with Gasteiger partial charge in [0.25, 0.3) is 0 Å². The molecule has 0 amide bonds. The SMILES string of the molecule is Clc1cc(OCc2cn3cc(C4CC4)ccc3n2)ncn1. The summed E-state index contributed by atoms with van der Waals surface area (Å²) in [6, 6.07) is 5.80. The first kappa shape index (κ1) is 12.6. The average Bonchev–Trinajstić information content (AvgIpc) is 3.25. The zero-order valence-electron chi connectivity index (χ0n) is 11.2. The summed E-state index contributed by atoms with van der Waals surface area (Å²) < 4.78 is 7.64. The molecule has 0 aromatic carbocycles. The molecule has 1 saturated carbocycles. The molecule has 0 spiro atoms. The maximum atomic E-state index is 5.79. The highest BCUT2D eigenvalue weighted by Crippen LogP contribution is 2.39. The number of hydrogen-bond acceptors (Lipinski definition) is 4. The van der Waals surface area contributed by atoms with Gasteiger partial charge in [-0.2, -0.15) is 0 Å². The second kappa shape index (κ2) is 5.00. The molecule has 3 heterocycles. The number of hydrogen-bond donors (Lipinski definition) is 0. The van der Waals surface area contributed by atoms with Crippen LogP contribution in [0.5, 0.6) is 5.88 Å². The van der Waals surface area contributed by atoms with Crippen molar-refractivity contribution >= 4 is 17.2 Å². The molecule has 0 saturated heterocycles. The number of fused-ring (bicyclic) bond motifs is 1. The fourth-order valence-corrected chi connectivity index (χ4v) is 2.47. The predicted octanol–water partition coefficient (Wildman–Crippen LogP) is 3.23. The van der Waals surface area contributed by atoms with Crippen LogP contribution in [-0.4, -0.2) is 19.4 Å². The minimum Gasteiger partial charge on any atom is -0.471 e. The molecule has 3 aromatic rings. The van der Waals surface area contributed by atoms with Crippen molar-refractivity contribution in [2.45, 2.75) is 25.4 Å². The van der Waals surface area contributed by atoms with E-state index in [1.807, 2.05) is 6.20 Å². The molecule has 0 radical (unpaired) electrons. The van der Waals surface area contributed by atoms with E-state index in [0.29, 0.717) is 17.6 Å². The highest BCUT2D eigenvalue weighted by atomic mass is 35.5. The Morgan fingerprint density at radius 3 is 2.95 bits per heavy atom. The Morgan fingerprint density at radius 1 is 1.24 bits per heavy atom. The normalized spacial score (nSPS) is 14.5. The van der Waals surface area contributed by atoms with Gasteiger partial charge in [-0.1, -0.05) is 17.7 Å². The average molecular weight is 301 g/mol. The topological polar surface area (TPSA) is 52.3 Å². The lowest BCUT2D eigenvalue weighted by atomic mass is 10.2. The van der Waals surface area contributed by atoms with Crippen LogP contribution in [0.2, 0.25) is 5.15 Å². The highest BCUT2D eigenvalue weighted by molar-refractivity contribution is 6.29. The maximum absolute atomic E-state index is 5.79. The first-order chi connectivity index (χ1) is 10.3. The highest BCUT2D eigenvalue weighted by Gasteiger charge is 2.23. The lowest BCUT2D eigenvalue weighted by Crippen LogP contribution is -1.97. The molecule has 1 aliphatic carbocycles. The van der Waals surface area contributed by atoms with Gasteiger partial charge >= 0.3 is 0 Å². The molecule has 6 heteroatoms. The van der Waals surface area contributed by atoms with Gasteiger partial charge in [0, 0.05) is 18.5 Å². The van der Waals surface area contributed by atoms with Gasteiger partial charge in [0.05, 0.1) is 5.69 Å². The van der Waals surface area contributed by atoms with Crippen LogP contribution in [-0.2, 0) is 6.61 Å². The molecule has 106 valence electrons. The largest absolute Gasteiger partial charge is 0.471 e. The molecule has 0 aliphatic heterocycles. The third-order valence-corrected chi connectivity index (χ3v) is 3.76. The first-order valence-electron chi connectivity index (χ1n) is 6.86. The standard InChI is InChI=1S/C15H13ClN4O/c16-13-5-15(18-9-17-13)21-8-12-7-20-6-11(10-1-2-10)3-4-14(20)19-12/h3-7,9-10H,1-2,8H2. The number of imidazole rings is 1. The molecule has 5 nitrogen and oxygen atoms in total. The number of ether oxygens (including phenoxy) is 1. The summed E-state index contributed by atoms with van der Waals surface area (Å²) in [4.78, 5) is 12.4. The van der Waals surface area contributed by atoms with Crippen molar-refractivity contribution in [3.63, 3.8) is 0 Å². The summed E-state index contributed by atoms with van der Waals surface area (Å²) >= 11 is 5.79. The summed E-state index contributed by atoms with van der Waals surface area (Å²) in [5, 5.41) is 0.365. The number of nitrogens with zero attached hydrogens (tertiary/aromatic N) is 4. The van der Waals surface area contributed by atoms with E-state index in [4.69, 9.17) is 16.3 Å². The van der Waals surface area contributed by atoms with Gasteiger partial charge in [0.1, 0.15) is 23.7 Å². The lowest BCUT2D eigenvalue weighted by molar-refractivity contribution is 0.289. The fourth-order valence-electron chi connectivity index (χ4n) is 2.33. The van der Waals surface area contributed by atoms with E-state index in [1.54, 1.807) is 6.07 Å². The monoisotopic (exact) mass is 300 g/mol. The molecular formula is C15H13ClN4O. The van der Waals surface area contributed by atoms with E-state index < -0.39 is 0 Å². The summed E-state index contributed by atoms with van der Waals surface area (Å²) in [6.45, 7) is 0.355. The lowest BCUT2D eigenvalue weighted by Gasteiger charge is -2.01. The summed E-state index contributed by atoms with van der Waals surface area (Å²) in [7, 11) is 0. The van der Waals surface area contributed by atoms with Crippen LogP contribution in [0.25, 0.3) is 5.65 Å². The van der Waals surface area contributed by atoms with Gasteiger partial charge in [-0.05, 0) is 30.4 Å². The summed E-state index contributed by atoms with van der Waals surface area (Å²) in [5.74, 6) is 1.19. The van der Waals surface area contributed by atoms with E-state index in [9.17, 15) is 0 Å². The molecule has 3 aromatic heterocycles. The molecule has 0 atom stereocenters. The van der Waals surface area contributed by atoms with Gasteiger partial charge in [-0.15, -0.1) is 0 Å². The molecule has 21 heavy (non-hydrogen) atoms. The van der Waals surface area contributed by atoms with Crippen LogP contribution < -0.4 is 4.74 Å². The molecule has 4 rings (SSSR count). The number of aromatic nitrogens is 4. The smallest absolute Gasteiger partial charge is 0.218 e. The van der Waals surface area contributed by atoms with E-state index in [-0.39, 0.29) is 0 Å². The Kier molecular flexibility index (Phi) is 3.00. The molecule has 1 aliphatic rings. The fraction of sp³-hybridized carbons (Fsp3) is 0.267. The van der Waals surface area contributed by atoms with Crippen molar-refractivity contribution in [2.75, 3.05) is 0 Å². The van der Waals surface area contributed by atoms with Crippen molar-refractivity contribution in [3.8, 4) is 5.88 Å². The third-order valence-electron chi connectivity index (χ3n) is 3.55. The van der Waals surface area contributed by atoms with Crippen LogP contribution in [0.1, 0.15) is 30.0 Å². The second-order valence-electron chi connectivity index (χ2n) is 5.20. The molecule has 0 unspecified atom stereocenters. The predicted molar refractivity (Wildman–Crippen MR) is 78.5 cm³/mol. The van der Waals surface area contributed by atoms with Crippen LogP contribution in [0.4, 0.5) is 0 Å². The molecule has 1 fully saturated rings. The van der Waals surface area contributed by atoms with Crippen molar-refractivity contribution in [3.05, 3.63) is 53.3 Å². The Labute approximate surface area is 126 Å². The Morgan fingerprint density at radius 2 is 2.14 bits per heavy atom. The van der Waals surface area contributed by atoms with Crippen LogP contribution in [0.15, 0.2) is 36.9 Å². The van der Waals surface area contributed by atoms with Crippen molar-refractivity contribution in [1.29, 1.82) is 0 Å². The zero-order valence-corrected chi connectivity index (χ0v) is 12.0. The zero-order chi connectivity index (χ0) is 14.2. The van der Waals surface area contributed by atoms with Crippen molar-refractivity contribution in [2.24, 2.45) is 0 Å². The number of rotatable bonds is 4. The minimum atomic E-state index is 0.355. The van der Waals surface area contributed by atoms with E-state index in [2.05, 4.69) is 37.7 Å². The number of halogens is 1. The van der Waals surface area contributed by atoms with Gasteiger partial charge in [-0.25, -0.2) is 15.0 Å². The Balaban J connectivity index is 1.53. The maximum Gasteiger partial charge on any atom is 0.218 e. The molecule has 0 bridgehead atoms. The minimum absolute atomic E-state index is 0.355. The van der Waals surface area contributed by atoms with Crippen LogP contribution >= 0.6 is 11.6 Å². The van der Waals surface area contributed by atoms with Crippen molar-refractivity contribution in [1.82, 2.24) is 19.4 Å².